The monoisotopic (exact) mass is 426 g/mol. The van der Waals surface area contributed by atoms with Crippen LogP contribution in [-0.2, 0) is 14.6 Å². The van der Waals surface area contributed by atoms with Gasteiger partial charge in [-0.15, -0.1) is 0 Å². The van der Waals surface area contributed by atoms with Gasteiger partial charge in [0.1, 0.15) is 10.6 Å². The highest BCUT2D eigenvalue weighted by atomic mass is 32.2. The molecule has 0 aromatic heterocycles. The van der Waals surface area contributed by atoms with Gasteiger partial charge in [-0.1, -0.05) is 30.3 Å². The predicted molar refractivity (Wildman–Crippen MR) is 115 cm³/mol. The highest BCUT2D eigenvalue weighted by molar-refractivity contribution is 7.91. The maximum Gasteiger partial charge on any atom is 0.243 e. The molecule has 3 aromatic carbocycles. The number of sulfone groups is 1. The van der Waals surface area contributed by atoms with E-state index in [0.29, 0.717) is 17.1 Å². The van der Waals surface area contributed by atoms with Crippen LogP contribution in [-0.4, -0.2) is 35.1 Å². The first kappa shape index (κ1) is 21.2. The lowest BCUT2D eigenvalue weighted by atomic mass is 10.2. The molecule has 0 aliphatic carbocycles. The number of ether oxygens (including phenoxy) is 2. The molecule has 0 bridgehead atoms. The molecule has 0 unspecified atom stereocenters. The lowest BCUT2D eigenvalue weighted by Crippen LogP contribution is -2.22. The number of carbonyl (C=O) groups is 1. The normalized spacial score (nSPS) is 10.9. The molecule has 0 atom stereocenters. The first-order valence-corrected chi connectivity index (χ1v) is 10.6. The number of methoxy groups -OCH3 is 2. The number of hydrogen-bond donors (Lipinski definition) is 2. The summed E-state index contributed by atoms with van der Waals surface area (Å²) in [4.78, 5) is 12.5. The Morgan fingerprint density at radius 2 is 1.63 bits per heavy atom. The molecular formula is C22H22N2O5S. The smallest absolute Gasteiger partial charge is 0.243 e. The maximum absolute atomic E-state index is 13.0. The van der Waals surface area contributed by atoms with Crippen LogP contribution in [0.5, 0.6) is 11.5 Å². The second kappa shape index (κ2) is 9.32. The van der Waals surface area contributed by atoms with Gasteiger partial charge in [-0.3, -0.25) is 4.79 Å². The van der Waals surface area contributed by atoms with Crippen LogP contribution in [0.15, 0.2) is 82.6 Å². The first-order chi connectivity index (χ1) is 14.5. The Morgan fingerprint density at radius 1 is 0.900 bits per heavy atom. The minimum absolute atomic E-state index is 0.0226. The van der Waals surface area contributed by atoms with Gasteiger partial charge in [-0.05, 0) is 36.4 Å². The van der Waals surface area contributed by atoms with E-state index in [1.165, 1.54) is 25.3 Å². The fourth-order valence-corrected chi connectivity index (χ4v) is 4.35. The van der Waals surface area contributed by atoms with Crippen molar-refractivity contribution in [3.63, 3.8) is 0 Å². The van der Waals surface area contributed by atoms with Crippen LogP contribution in [0, 0.1) is 0 Å². The van der Waals surface area contributed by atoms with Crippen molar-refractivity contribution in [2.75, 3.05) is 31.4 Å². The molecule has 0 saturated heterocycles. The average Bonchev–Trinajstić information content (AvgIpc) is 2.78. The van der Waals surface area contributed by atoms with Gasteiger partial charge in [0.05, 0.1) is 31.3 Å². The number of benzene rings is 3. The fourth-order valence-electron chi connectivity index (χ4n) is 2.89. The van der Waals surface area contributed by atoms with Crippen molar-refractivity contribution < 1.29 is 22.7 Å². The third-order valence-electron chi connectivity index (χ3n) is 4.32. The Morgan fingerprint density at radius 3 is 2.33 bits per heavy atom. The molecule has 0 heterocycles. The minimum atomic E-state index is -3.78. The second-order valence-corrected chi connectivity index (χ2v) is 8.21. The summed E-state index contributed by atoms with van der Waals surface area (Å²) in [7, 11) is -0.842. The molecule has 0 spiro atoms. The van der Waals surface area contributed by atoms with Crippen LogP contribution in [0.2, 0.25) is 0 Å². The molecule has 2 N–H and O–H groups in total. The molecule has 0 radical (unpaired) electrons. The van der Waals surface area contributed by atoms with E-state index in [4.69, 9.17) is 9.47 Å². The summed E-state index contributed by atoms with van der Waals surface area (Å²) in [6.45, 7) is -0.0809. The number of rotatable bonds is 8. The molecule has 0 fully saturated rings. The summed E-state index contributed by atoms with van der Waals surface area (Å²) in [5, 5.41) is 5.70. The van der Waals surface area contributed by atoms with E-state index < -0.39 is 9.84 Å². The van der Waals surface area contributed by atoms with Gasteiger partial charge >= 0.3 is 0 Å². The van der Waals surface area contributed by atoms with E-state index in [2.05, 4.69) is 10.6 Å². The number of anilines is 2. The van der Waals surface area contributed by atoms with Crippen LogP contribution in [0.4, 0.5) is 11.4 Å². The van der Waals surface area contributed by atoms with Gasteiger partial charge in [-0.25, -0.2) is 8.42 Å². The van der Waals surface area contributed by atoms with Crippen LogP contribution >= 0.6 is 0 Å². The summed E-state index contributed by atoms with van der Waals surface area (Å²) in [6.07, 6.45) is 0. The summed E-state index contributed by atoms with van der Waals surface area (Å²) in [6, 6.07) is 19.8. The Labute approximate surface area is 175 Å². The molecular weight excluding hydrogens is 404 g/mol. The van der Waals surface area contributed by atoms with E-state index >= 15 is 0 Å². The van der Waals surface area contributed by atoms with Crippen LogP contribution in [0.25, 0.3) is 0 Å². The van der Waals surface area contributed by atoms with Crippen molar-refractivity contribution >= 4 is 27.1 Å². The van der Waals surface area contributed by atoms with Crippen molar-refractivity contribution in [2.45, 2.75) is 9.79 Å². The largest absolute Gasteiger partial charge is 0.497 e. The molecule has 7 nitrogen and oxygen atoms in total. The van der Waals surface area contributed by atoms with Crippen molar-refractivity contribution in [1.29, 1.82) is 0 Å². The van der Waals surface area contributed by atoms with Crippen LogP contribution < -0.4 is 20.1 Å². The number of carbonyl (C=O) groups excluding carboxylic acids is 1. The molecule has 156 valence electrons. The molecule has 30 heavy (non-hydrogen) atoms. The number of para-hydroxylation sites is 1. The van der Waals surface area contributed by atoms with Gasteiger partial charge in [0.15, 0.2) is 5.75 Å². The predicted octanol–water partition coefficient (Wildman–Crippen LogP) is 3.59. The Bertz CT molecular complexity index is 1130. The van der Waals surface area contributed by atoms with Gasteiger partial charge in [0, 0.05) is 11.8 Å². The number of hydrogen-bond acceptors (Lipinski definition) is 6. The molecule has 3 aromatic rings. The van der Waals surface area contributed by atoms with Crippen LogP contribution in [0.1, 0.15) is 0 Å². The summed E-state index contributed by atoms with van der Waals surface area (Å²) >= 11 is 0. The summed E-state index contributed by atoms with van der Waals surface area (Å²) in [5.41, 5.74) is 0.990. The lowest BCUT2D eigenvalue weighted by Gasteiger charge is -2.15. The highest BCUT2D eigenvalue weighted by Crippen LogP contribution is 2.35. The van der Waals surface area contributed by atoms with E-state index in [1.807, 2.05) is 0 Å². The van der Waals surface area contributed by atoms with Crippen molar-refractivity contribution in [2.24, 2.45) is 0 Å². The zero-order chi connectivity index (χ0) is 21.6. The average molecular weight is 426 g/mol. The fraction of sp³-hybridized carbons (Fsp3) is 0.136. The van der Waals surface area contributed by atoms with Crippen LogP contribution in [0.3, 0.4) is 0 Å². The zero-order valence-electron chi connectivity index (χ0n) is 16.6. The molecule has 0 aliphatic rings. The topological polar surface area (TPSA) is 93.7 Å². The SMILES string of the molecule is COc1cccc(NC(=O)CNc2cccc(S(=O)(=O)c3ccccc3)c2OC)c1. The van der Waals surface area contributed by atoms with Gasteiger partial charge in [-0.2, -0.15) is 0 Å². The highest BCUT2D eigenvalue weighted by Gasteiger charge is 2.24. The lowest BCUT2D eigenvalue weighted by molar-refractivity contribution is -0.114. The number of nitrogens with one attached hydrogen (secondary N) is 2. The van der Waals surface area contributed by atoms with Gasteiger partial charge in [0.25, 0.3) is 0 Å². The van der Waals surface area contributed by atoms with E-state index in [0.717, 1.165) is 0 Å². The van der Waals surface area contributed by atoms with Crippen molar-refractivity contribution in [3.8, 4) is 11.5 Å². The van der Waals surface area contributed by atoms with E-state index in [9.17, 15) is 13.2 Å². The van der Waals surface area contributed by atoms with E-state index in [-0.39, 0.29) is 28.0 Å². The first-order valence-electron chi connectivity index (χ1n) is 9.10. The summed E-state index contributed by atoms with van der Waals surface area (Å²) < 4.78 is 36.5. The Kier molecular flexibility index (Phi) is 6.58. The molecule has 0 aliphatic heterocycles. The molecule has 3 rings (SSSR count). The molecule has 8 heteroatoms. The molecule has 0 saturated carbocycles. The third kappa shape index (κ3) is 4.72. The Balaban J connectivity index is 1.78. The maximum atomic E-state index is 13.0. The zero-order valence-corrected chi connectivity index (χ0v) is 17.4. The third-order valence-corrected chi connectivity index (χ3v) is 6.11. The van der Waals surface area contributed by atoms with Gasteiger partial charge < -0.3 is 20.1 Å². The molecule has 1 amide bonds. The quantitative estimate of drug-likeness (QED) is 0.572. The van der Waals surface area contributed by atoms with E-state index in [1.54, 1.807) is 61.7 Å². The van der Waals surface area contributed by atoms with Crippen molar-refractivity contribution in [3.05, 3.63) is 72.8 Å². The summed E-state index contributed by atoms with van der Waals surface area (Å²) in [5.74, 6) is 0.471. The second-order valence-electron chi connectivity index (χ2n) is 6.29. The Hall–Kier alpha value is -3.52. The van der Waals surface area contributed by atoms with Crippen molar-refractivity contribution in [1.82, 2.24) is 0 Å². The standard InChI is InChI=1S/C22H22N2O5S/c1-28-17-9-6-8-16(14-17)24-21(25)15-23-19-12-7-13-20(22(19)29-2)30(26,27)18-10-4-3-5-11-18/h3-14,23H,15H2,1-2H3,(H,24,25). The number of amides is 1. The van der Waals surface area contributed by atoms with Gasteiger partial charge in [0.2, 0.25) is 15.7 Å². The minimum Gasteiger partial charge on any atom is -0.497 e.